The van der Waals surface area contributed by atoms with Crippen molar-refractivity contribution in [2.24, 2.45) is 0 Å². The van der Waals surface area contributed by atoms with Gasteiger partial charge in [-0.3, -0.25) is 14.5 Å². The number of amides is 1. The SMILES string of the molecule is COc1cc(C2/C(=C(\O)c3ccc4c(c3)OCCO4)C(=O)C(=O)N2c2nnc(SCc3ccccc3Cl)s2)ccc1OCc1ccccc1. The third-order valence-electron chi connectivity index (χ3n) is 7.91. The van der Waals surface area contributed by atoms with Crippen LogP contribution in [0.3, 0.4) is 0 Å². The Labute approximate surface area is 294 Å². The Balaban J connectivity index is 1.27. The second kappa shape index (κ2) is 14.2. The number of thioether (sulfide) groups is 1. The summed E-state index contributed by atoms with van der Waals surface area (Å²) in [4.78, 5) is 28.9. The number of aliphatic hydroxyl groups is 1. The summed E-state index contributed by atoms with van der Waals surface area (Å²) < 4.78 is 23.7. The maximum atomic E-state index is 13.8. The normalized spacial score (nSPS) is 16.5. The predicted octanol–water partition coefficient (Wildman–Crippen LogP) is 7.47. The standard InChI is InChI=1S/C36H28ClN3O7S2/c1-44-28-17-22(11-13-26(28)47-19-21-7-3-2-4-8-21)31-30(32(41)23-12-14-27-29(18-23)46-16-15-45-27)33(42)34(43)40(31)35-38-39-36(49-35)48-20-24-9-5-6-10-25(24)37/h2-14,17-18,31,41H,15-16,19-20H2,1H3/b32-30+. The highest BCUT2D eigenvalue weighted by molar-refractivity contribution is 8.00. The van der Waals surface area contributed by atoms with Crippen LogP contribution in [0.25, 0.3) is 5.76 Å². The molecule has 1 atom stereocenters. The Hall–Kier alpha value is -5.04. The first kappa shape index (κ1) is 32.5. The topological polar surface area (TPSA) is 120 Å². The number of aromatic nitrogens is 2. The first-order chi connectivity index (χ1) is 23.9. The minimum absolute atomic E-state index is 0.123. The highest BCUT2D eigenvalue weighted by Crippen LogP contribution is 2.46. The van der Waals surface area contributed by atoms with E-state index in [0.717, 1.165) is 22.5 Å². The number of ether oxygens (including phenoxy) is 4. The molecule has 1 aromatic heterocycles. The Morgan fingerprint density at radius 1 is 0.959 bits per heavy atom. The molecular formula is C36H28ClN3O7S2. The summed E-state index contributed by atoms with van der Waals surface area (Å²) in [6.07, 6.45) is 0. The number of fused-ring (bicyclic) bond motifs is 1. The number of Topliss-reactive ketones (excluding diaryl/α,β-unsaturated/α-hetero) is 1. The molecular weight excluding hydrogens is 686 g/mol. The average Bonchev–Trinajstić information content (AvgIpc) is 3.71. The number of ketones is 1. The van der Waals surface area contributed by atoms with E-state index in [9.17, 15) is 14.7 Å². The lowest BCUT2D eigenvalue weighted by Crippen LogP contribution is -2.29. The lowest BCUT2D eigenvalue weighted by atomic mass is 9.95. The number of anilines is 1. The van der Waals surface area contributed by atoms with Crippen LogP contribution >= 0.6 is 34.7 Å². The maximum absolute atomic E-state index is 13.8. The van der Waals surface area contributed by atoms with E-state index >= 15 is 0 Å². The molecule has 1 unspecified atom stereocenters. The smallest absolute Gasteiger partial charge is 0.301 e. The minimum atomic E-state index is -1.07. The van der Waals surface area contributed by atoms with Crippen molar-refractivity contribution >= 4 is 57.3 Å². The number of carbonyl (C=O) groups excluding carboxylic acids is 2. The second-order valence-electron chi connectivity index (χ2n) is 10.9. The van der Waals surface area contributed by atoms with E-state index < -0.39 is 17.7 Å². The van der Waals surface area contributed by atoms with Crippen molar-refractivity contribution in [3.63, 3.8) is 0 Å². The molecule has 7 rings (SSSR count). The zero-order valence-corrected chi connectivity index (χ0v) is 28.4. The molecule has 4 aromatic carbocycles. The van der Waals surface area contributed by atoms with E-state index in [1.165, 1.54) is 23.8 Å². The van der Waals surface area contributed by atoms with Gasteiger partial charge in [-0.1, -0.05) is 89.3 Å². The van der Waals surface area contributed by atoms with Crippen molar-refractivity contribution in [2.75, 3.05) is 25.2 Å². The molecule has 0 spiro atoms. The second-order valence-corrected chi connectivity index (χ2v) is 13.5. The largest absolute Gasteiger partial charge is 0.507 e. The average molecular weight is 714 g/mol. The van der Waals surface area contributed by atoms with E-state index in [1.807, 2.05) is 54.6 Å². The molecule has 3 heterocycles. The molecule has 0 aliphatic carbocycles. The Morgan fingerprint density at radius 2 is 1.73 bits per heavy atom. The zero-order valence-electron chi connectivity index (χ0n) is 26.0. The quantitative estimate of drug-likeness (QED) is 0.0513. The van der Waals surface area contributed by atoms with Crippen molar-refractivity contribution in [2.45, 2.75) is 22.7 Å². The van der Waals surface area contributed by atoms with Crippen LogP contribution in [0.4, 0.5) is 5.13 Å². The number of benzene rings is 4. The van der Waals surface area contributed by atoms with E-state index in [2.05, 4.69) is 10.2 Å². The summed E-state index contributed by atoms with van der Waals surface area (Å²) >= 11 is 8.91. The summed E-state index contributed by atoms with van der Waals surface area (Å²) in [5.41, 5.74) is 2.55. The van der Waals surface area contributed by atoms with Crippen LogP contribution in [0.5, 0.6) is 23.0 Å². The molecule has 10 nitrogen and oxygen atoms in total. The van der Waals surface area contributed by atoms with Crippen LogP contribution in [-0.2, 0) is 21.9 Å². The molecule has 13 heteroatoms. The number of methoxy groups -OCH3 is 1. The minimum Gasteiger partial charge on any atom is -0.507 e. The first-order valence-electron chi connectivity index (χ1n) is 15.2. The van der Waals surface area contributed by atoms with Crippen LogP contribution in [0, 0.1) is 0 Å². The molecule has 5 aromatic rings. The van der Waals surface area contributed by atoms with Crippen LogP contribution in [0.15, 0.2) is 101 Å². The third kappa shape index (κ3) is 6.67. The van der Waals surface area contributed by atoms with Gasteiger partial charge in [-0.2, -0.15) is 0 Å². The highest BCUT2D eigenvalue weighted by Gasteiger charge is 2.48. The van der Waals surface area contributed by atoms with Gasteiger partial charge in [0, 0.05) is 16.3 Å². The number of nitrogens with zero attached hydrogens (tertiary/aromatic N) is 3. The monoisotopic (exact) mass is 713 g/mol. The molecule has 0 radical (unpaired) electrons. The lowest BCUT2D eigenvalue weighted by molar-refractivity contribution is -0.132. The van der Waals surface area contributed by atoms with E-state index in [-0.39, 0.29) is 22.0 Å². The third-order valence-corrected chi connectivity index (χ3v) is 10.4. The van der Waals surface area contributed by atoms with Gasteiger partial charge < -0.3 is 24.1 Å². The van der Waals surface area contributed by atoms with Gasteiger partial charge in [0.05, 0.1) is 18.7 Å². The molecule has 248 valence electrons. The number of carbonyl (C=O) groups is 2. The molecule has 1 fully saturated rings. The summed E-state index contributed by atoms with van der Waals surface area (Å²) in [7, 11) is 1.51. The summed E-state index contributed by atoms with van der Waals surface area (Å²) in [6, 6.07) is 26.1. The fourth-order valence-electron chi connectivity index (χ4n) is 5.51. The molecule has 49 heavy (non-hydrogen) atoms. The number of hydrogen-bond donors (Lipinski definition) is 1. The summed E-state index contributed by atoms with van der Waals surface area (Å²) in [5.74, 6) is 0.219. The lowest BCUT2D eigenvalue weighted by Gasteiger charge is -2.24. The summed E-state index contributed by atoms with van der Waals surface area (Å²) in [6.45, 7) is 1.04. The Kier molecular flexibility index (Phi) is 9.43. The van der Waals surface area contributed by atoms with Gasteiger partial charge in [0.2, 0.25) is 5.13 Å². The van der Waals surface area contributed by atoms with Gasteiger partial charge >= 0.3 is 5.91 Å². The summed E-state index contributed by atoms with van der Waals surface area (Å²) in [5, 5.41) is 21.2. The molecule has 1 amide bonds. The van der Waals surface area contributed by atoms with Gasteiger partial charge in [0.15, 0.2) is 27.3 Å². The number of aliphatic hydroxyl groups excluding tert-OH is 1. The van der Waals surface area contributed by atoms with Crippen molar-refractivity contribution in [1.29, 1.82) is 0 Å². The molecule has 2 aliphatic heterocycles. The Morgan fingerprint density at radius 3 is 2.53 bits per heavy atom. The van der Waals surface area contributed by atoms with Gasteiger partial charge in [-0.25, -0.2) is 0 Å². The number of rotatable bonds is 10. The Bertz CT molecular complexity index is 2070. The van der Waals surface area contributed by atoms with E-state index in [0.29, 0.717) is 63.5 Å². The van der Waals surface area contributed by atoms with Crippen LogP contribution in [0.2, 0.25) is 5.02 Å². The predicted molar refractivity (Wildman–Crippen MR) is 187 cm³/mol. The van der Waals surface area contributed by atoms with E-state index in [4.69, 9.17) is 30.5 Å². The van der Waals surface area contributed by atoms with Gasteiger partial charge in [-0.05, 0) is 53.1 Å². The van der Waals surface area contributed by atoms with Gasteiger partial charge in [0.1, 0.15) is 25.6 Å². The molecule has 1 saturated heterocycles. The molecule has 0 saturated carbocycles. The fourth-order valence-corrected chi connectivity index (χ4v) is 7.67. The zero-order chi connectivity index (χ0) is 33.9. The van der Waals surface area contributed by atoms with Crippen molar-refractivity contribution in [3.8, 4) is 23.0 Å². The molecule has 1 N–H and O–H groups in total. The fraction of sp³-hybridized carbons (Fsp3) is 0.167. The molecule has 0 bridgehead atoms. The highest BCUT2D eigenvalue weighted by atomic mass is 35.5. The van der Waals surface area contributed by atoms with E-state index in [1.54, 1.807) is 36.4 Å². The number of hydrogen-bond acceptors (Lipinski definition) is 11. The van der Waals surface area contributed by atoms with Gasteiger partial charge in [0.25, 0.3) is 5.78 Å². The van der Waals surface area contributed by atoms with Crippen molar-refractivity contribution in [3.05, 3.63) is 124 Å². The van der Waals surface area contributed by atoms with Crippen molar-refractivity contribution < 1.29 is 33.6 Å². The first-order valence-corrected chi connectivity index (χ1v) is 17.3. The number of halogens is 1. The van der Waals surface area contributed by atoms with Crippen LogP contribution in [-0.4, -0.2) is 47.3 Å². The van der Waals surface area contributed by atoms with Crippen LogP contribution in [0.1, 0.15) is 28.3 Å². The van der Waals surface area contributed by atoms with Gasteiger partial charge in [-0.15, -0.1) is 10.2 Å². The maximum Gasteiger partial charge on any atom is 0.301 e. The van der Waals surface area contributed by atoms with Crippen molar-refractivity contribution in [1.82, 2.24) is 10.2 Å². The van der Waals surface area contributed by atoms with Crippen LogP contribution < -0.4 is 23.8 Å². The molecule has 2 aliphatic rings.